The van der Waals surface area contributed by atoms with E-state index in [4.69, 9.17) is 18.9 Å². The second kappa shape index (κ2) is 4.19. The van der Waals surface area contributed by atoms with Crippen molar-refractivity contribution in [2.45, 2.75) is 25.9 Å². The highest BCUT2D eigenvalue weighted by Crippen LogP contribution is 2.36. The first-order valence-corrected chi connectivity index (χ1v) is 5.29. The van der Waals surface area contributed by atoms with Crippen molar-refractivity contribution in [3.05, 3.63) is 0 Å². The third-order valence-electron chi connectivity index (χ3n) is 2.98. The minimum absolute atomic E-state index is 0.194. The molecule has 1 unspecified atom stereocenters. The minimum Gasteiger partial charge on any atom is -0.433 e. The molecule has 0 aromatic carbocycles. The van der Waals surface area contributed by atoms with Crippen LogP contribution in [0, 0.1) is 5.41 Å². The van der Waals surface area contributed by atoms with Gasteiger partial charge in [0.05, 0.1) is 5.41 Å². The second-order valence-electron chi connectivity index (χ2n) is 4.11. The van der Waals surface area contributed by atoms with Crippen LogP contribution in [0.15, 0.2) is 0 Å². The number of hydrogen-bond donors (Lipinski definition) is 0. The zero-order chi connectivity index (χ0) is 11.6. The van der Waals surface area contributed by atoms with Crippen molar-refractivity contribution in [2.75, 3.05) is 19.8 Å². The van der Waals surface area contributed by atoms with Crippen LogP contribution in [0.3, 0.4) is 0 Å². The van der Waals surface area contributed by atoms with Crippen molar-refractivity contribution in [3.8, 4) is 0 Å². The fraction of sp³-hybridized carbons (Fsp3) is 0.800. The summed E-state index contributed by atoms with van der Waals surface area (Å²) in [5, 5.41) is 0. The molecule has 0 radical (unpaired) electrons. The van der Waals surface area contributed by atoms with Crippen LogP contribution in [-0.2, 0) is 18.9 Å². The van der Waals surface area contributed by atoms with E-state index < -0.39 is 23.8 Å². The Balaban J connectivity index is 2.09. The van der Waals surface area contributed by atoms with Crippen molar-refractivity contribution in [3.63, 3.8) is 0 Å². The Bertz CT molecular complexity index is 290. The molecule has 0 aromatic heterocycles. The van der Waals surface area contributed by atoms with E-state index in [1.165, 1.54) is 0 Å². The van der Waals surface area contributed by atoms with Gasteiger partial charge in [-0.1, -0.05) is 13.3 Å². The van der Waals surface area contributed by atoms with Crippen molar-refractivity contribution < 1.29 is 28.5 Å². The van der Waals surface area contributed by atoms with Crippen LogP contribution < -0.4 is 0 Å². The predicted molar refractivity (Wildman–Crippen MR) is 50.9 cm³/mol. The number of carbonyl (C=O) groups excluding carboxylic acids is 2. The van der Waals surface area contributed by atoms with Gasteiger partial charge in [-0.15, -0.1) is 0 Å². The van der Waals surface area contributed by atoms with E-state index in [9.17, 15) is 9.59 Å². The molecule has 0 aromatic rings. The van der Waals surface area contributed by atoms with Gasteiger partial charge in [0, 0.05) is 0 Å². The number of hydrogen-bond acceptors (Lipinski definition) is 6. The van der Waals surface area contributed by atoms with Crippen molar-refractivity contribution in [1.82, 2.24) is 0 Å². The molecule has 2 aliphatic heterocycles. The highest BCUT2D eigenvalue weighted by atomic mass is 16.8. The first-order valence-electron chi connectivity index (χ1n) is 5.29. The van der Waals surface area contributed by atoms with E-state index in [2.05, 4.69) is 0 Å². The lowest BCUT2D eigenvalue weighted by Gasteiger charge is -2.37. The third-order valence-corrected chi connectivity index (χ3v) is 2.98. The fourth-order valence-electron chi connectivity index (χ4n) is 2.11. The number of carbonyl (C=O) groups is 2. The summed E-state index contributed by atoms with van der Waals surface area (Å²) in [6.07, 6.45) is -0.0984. The van der Waals surface area contributed by atoms with Gasteiger partial charge < -0.3 is 18.9 Å². The summed E-state index contributed by atoms with van der Waals surface area (Å²) >= 11 is 0. The molecule has 0 spiro atoms. The lowest BCUT2D eigenvalue weighted by atomic mass is 9.79. The monoisotopic (exact) mass is 230 g/mol. The Hall–Kier alpha value is -1.46. The second-order valence-corrected chi connectivity index (χ2v) is 4.11. The molecule has 2 aliphatic rings. The zero-order valence-electron chi connectivity index (χ0n) is 9.06. The fourth-order valence-corrected chi connectivity index (χ4v) is 2.11. The number of cyclic esters (lactones) is 4. The van der Waals surface area contributed by atoms with Crippen molar-refractivity contribution in [2.24, 2.45) is 5.41 Å². The smallest absolute Gasteiger partial charge is 0.433 e. The van der Waals surface area contributed by atoms with Crippen LogP contribution in [-0.4, -0.2) is 38.2 Å². The molecule has 0 bridgehead atoms. The highest BCUT2D eigenvalue weighted by molar-refractivity contribution is 5.63. The molecule has 6 heteroatoms. The van der Waals surface area contributed by atoms with Crippen LogP contribution in [0.4, 0.5) is 9.59 Å². The van der Waals surface area contributed by atoms with Gasteiger partial charge in [-0.05, 0) is 6.42 Å². The summed E-state index contributed by atoms with van der Waals surface area (Å²) in [7, 11) is 0. The van der Waals surface area contributed by atoms with Crippen molar-refractivity contribution in [1.29, 1.82) is 0 Å². The molecule has 0 saturated carbocycles. The summed E-state index contributed by atoms with van der Waals surface area (Å²) in [6.45, 7) is 2.62. The standard InChI is InChI=1S/C10H14O6/c1-2-3-10(5-14-8(11)15-6-10)7-4-13-9(12)16-7/h7H,2-6H2,1H3. The van der Waals surface area contributed by atoms with Gasteiger partial charge in [-0.25, -0.2) is 9.59 Å². The zero-order valence-corrected chi connectivity index (χ0v) is 9.06. The first-order chi connectivity index (χ1) is 7.66. The van der Waals surface area contributed by atoms with Crippen LogP contribution in [0.25, 0.3) is 0 Å². The van der Waals surface area contributed by atoms with Gasteiger partial charge in [-0.2, -0.15) is 0 Å². The van der Waals surface area contributed by atoms with E-state index in [1.807, 2.05) is 6.92 Å². The molecule has 2 saturated heterocycles. The molecular formula is C10H14O6. The molecule has 6 nitrogen and oxygen atoms in total. The van der Waals surface area contributed by atoms with Crippen LogP contribution in [0.5, 0.6) is 0 Å². The molecule has 90 valence electrons. The summed E-state index contributed by atoms with van der Waals surface area (Å²) in [6, 6.07) is 0. The molecule has 16 heavy (non-hydrogen) atoms. The highest BCUT2D eigenvalue weighted by Gasteiger charge is 2.49. The minimum atomic E-state index is -0.669. The summed E-state index contributed by atoms with van der Waals surface area (Å²) in [5.41, 5.74) is -0.463. The average Bonchev–Trinajstić information content (AvgIpc) is 2.70. The maximum absolute atomic E-state index is 10.9. The normalized spacial score (nSPS) is 27.7. The van der Waals surface area contributed by atoms with Gasteiger partial charge in [0.15, 0.2) is 6.10 Å². The van der Waals surface area contributed by atoms with Gasteiger partial charge in [0.25, 0.3) is 0 Å². The van der Waals surface area contributed by atoms with Gasteiger partial charge in [-0.3, -0.25) is 0 Å². The van der Waals surface area contributed by atoms with Gasteiger partial charge >= 0.3 is 12.3 Å². The SMILES string of the molecule is CCCC1(C2COC(=O)O2)COC(=O)OC1. The quantitative estimate of drug-likeness (QED) is 0.684. The topological polar surface area (TPSA) is 71.1 Å². The maximum Gasteiger partial charge on any atom is 0.508 e. The number of ether oxygens (including phenoxy) is 4. The molecular weight excluding hydrogens is 216 g/mol. The number of rotatable bonds is 3. The van der Waals surface area contributed by atoms with E-state index in [-0.39, 0.29) is 19.8 Å². The molecule has 1 atom stereocenters. The molecule has 2 heterocycles. The third kappa shape index (κ3) is 1.91. The summed E-state index contributed by atoms with van der Waals surface area (Å²) in [5.74, 6) is 0. The van der Waals surface area contributed by atoms with Gasteiger partial charge in [0.1, 0.15) is 19.8 Å². The van der Waals surface area contributed by atoms with E-state index >= 15 is 0 Å². The largest absolute Gasteiger partial charge is 0.508 e. The van der Waals surface area contributed by atoms with E-state index in [0.717, 1.165) is 12.8 Å². The first kappa shape index (κ1) is 11.0. The molecule has 2 rings (SSSR count). The Morgan fingerprint density at radius 3 is 2.38 bits per heavy atom. The lowest BCUT2D eigenvalue weighted by Crippen LogP contribution is -2.49. The Labute approximate surface area is 92.8 Å². The molecule has 0 N–H and O–H groups in total. The van der Waals surface area contributed by atoms with Crippen LogP contribution in [0.2, 0.25) is 0 Å². The predicted octanol–water partition coefficient (Wildman–Crippen LogP) is 1.48. The van der Waals surface area contributed by atoms with E-state index in [1.54, 1.807) is 0 Å². The average molecular weight is 230 g/mol. The molecule has 2 fully saturated rings. The van der Waals surface area contributed by atoms with Crippen LogP contribution >= 0.6 is 0 Å². The maximum atomic E-state index is 10.9. The van der Waals surface area contributed by atoms with E-state index in [0.29, 0.717) is 0 Å². The molecule has 0 aliphatic carbocycles. The van der Waals surface area contributed by atoms with Crippen molar-refractivity contribution >= 4 is 12.3 Å². The Morgan fingerprint density at radius 1 is 1.19 bits per heavy atom. The lowest BCUT2D eigenvalue weighted by molar-refractivity contribution is -0.108. The van der Waals surface area contributed by atoms with Gasteiger partial charge in [0.2, 0.25) is 0 Å². The Morgan fingerprint density at radius 2 is 1.88 bits per heavy atom. The Kier molecular flexibility index (Phi) is 2.89. The summed E-state index contributed by atoms with van der Waals surface area (Å²) in [4.78, 5) is 21.8. The van der Waals surface area contributed by atoms with Crippen LogP contribution in [0.1, 0.15) is 19.8 Å². The molecule has 0 amide bonds. The summed E-state index contributed by atoms with van der Waals surface area (Å²) < 4.78 is 19.6.